The fraction of sp³-hybridized carbons (Fsp3) is 0.200. The van der Waals surface area contributed by atoms with Gasteiger partial charge in [0.15, 0.2) is 5.78 Å². The first-order valence-corrected chi connectivity index (χ1v) is 5.46. The summed E-state index contributed by atoms with van der Waals surface area (Å²) in [5.41, 5.74) is 0.293. The van der Waals surface area contributed by atoms with Gasteiger partial charge >= 0.3 is 5.97 Å². The minimum atomic E-state index is -1.23. The Balaban J connectivity index is 2.81. The quantitative estimate of drug-likeness (QED) is 0.681. The van der Waals surface area contributed by atoms with Gasteiger partial charge in [-0.25, -0.2) is 0 Å². The van der Waals surface area contributed by atoms with Crippen LogP contribution in [0.25, 0.3) is 0 Å². The Hall–Kier alpha value is -0.770. The molecule has 1 aromatic rings. The van der Waals surface area contributed by atoms with Gasteiger partial charge in [-0.2, -0.15) is 0 Å². The lowest BCUT2D eigenvalue weighted by atomic mass is 10.1. The molecule has 1 atom stereocenters. The second kappa shape index (κ2) is 5.53. The van der Waals surface area contributed by atoms with Gasteiger partial charge in [-0.15, -0.1) is 11.6 Å². The zero-order chi connectivity index (χ0) is 12.3. The number of benzene rings is 1. The first-order valence-electron chi connectivity index (χ1n) is 4.27. The molecule has 86 valence electrons. The summed E-state index contributed by atoms with van der Waals surface area (Å²) in [6.45, 7) is 0. The predicted octanol–water partition coefficient (Wildman–Crippen LogP) is 3.26. The molecule has 1 N–H and O–H groups in total. The molecule has 6 heteroatoms. The molecule has 0 radical (unpaired) electrons. The summed E-state index contributed by atoms with van der Waals surface area (Å²) in [5.74, 6) is -1.61. The van der Waals surface area contributed by atoms with Crippen molar-refractivity contribution in [3.8, 4) is 0 Å². The molecule has 0 fully saturated rings. The molecule has 0 bridgehead atoms. The Morgan fingerprint density at radius 3 is 2.38 bits per heavy atom. The first-order chi connectivity index (χ1) is 7.41. The first kappa shape index (κ1) is 13.3. The van der Waals surface area contributed by atoms with Crippen molar-refractivity contribution in [1.82, 2.24) is 0 Å². The number of halogens is 3. The van der Waals surface area contributed by atoms with Crippen LogP contribution >= 0.6 is 34.8 Å². The molecule has 0 saturated carbocycles. The molecular formula is C10H7Cl3O3. The molecule has 0 aromatic heterocycles. The minimum absolute atomic E-state index is 0.244. The van der Waals surface area contributed by atoms with E-state index in [-0.39, 0.29) is 17.2 Å². The van der Waals surface area contributed by atoms with Gasteiger partial charge in [0.05, 0.1) is 10.0 Å². The zero-order valence-corrected chi connectivity index (χ0v) is 10.2. The number of carbonyl (C=O) groups is 2. The van der Waals surface area contributed by atoms with Gasteiger partial charge in [0, 0.05) is 12.0 Å². The van der Waals surface area contributed by atoms with Crippen molar-refractivity contribution in [2.75, 3.05) is 0 Å². The van der Waals surface area contributed by atoms with E-state index in [0.29, 0.717) is 10.6 Å². The molecule has 0 unspecified atom stereocenters. The number of Topliss-reactive ketones (excluding diaryl/α,β-unsaturated/α-hetero) is 1. The van der Waals surface area contributed by atoms with E-state index in [9.17, 15) is 9.59 Å². The van der Waals surface area contributed by atoms with Crippen LogP contribution < -0.4 is 0 Å². The largest absolute Gasteiger partial charge is 0.480 e. The fourth-order valence-corrected chi connectivity index (χ4v) is 1.48. The maximum Gasteiger partial charge on any atom is 0.322 e. The number of carboxylic acid groups (broad SMARTS) is 1. The second-order valence-corrected chi connectivity index (χ2v) is 4.40. The number of carbonyl (C=O) groups excluding carboxylic acids is 1. The molecule has 0 saturated heterocycles. The molecule has 0 aliphatic heterocycles. The van der Waals surface area contributed by atoms with Crippen LogP contribution in [0.15, 0.2) is 18.2 Å². The van der Waals surface area contributed by atoms with Gasteiger partial charge in [-0.05, 0) is 18.2 Å². The third-order valence-corrected chi connectivity index (χ3v) is 2.95. The Morgan fingerprint density at radius 1 is 1.25 bits per heavy atom. The van der Waals surface area contributed by atoms with Crippen LogP contribution in [-0.4, -0.2) is 22.2 Å². The van der Waals surface area contributed by atoms with Crippen LogP contribution in [0.5, 0.6) is 0 Å². The number of hydrogen-bond donors (Lipinski definition) is 1. The van der Waals surface area contributed by atoms with Gasteiger partial charge in [0.2, 0.25) is 0 Å². The molecule has 1 rings (SSSR count). The maximum atomic E-state index is 11.6. The van der Waals surface area contributed by atoms with Crippen LogP contribution in [0.3, 0.4) is 0 Å². The summed E-state index contributed by atoms with van der Waals surface area (Å²) < 4.78 is 0. The Labute approximate surface area is 107 Å². The van der Waals surface area contributed by atoms with Crippen molar-refractivity contribution in [3.63, 3.8) is 0 Å². The standard InChI is InChI=1S/C10H7Cl3O3/c11-6-2-1-5(3-7(6)12)9(14)4-8(13)10(15)16/h1-3,8H,4H2,(H,15,16)/t8-/m1/s1. The number of ketones is 1. The fourth-order valence-electron chi connectivity index (χ4n) is 1.04. The van der Waals surface area contributed by atoms with Gasteiger partial charge < -0.3 is 5.11 Å². The summed E-state index contributed by atoms with van der Waals surface area (Å²) in [6.07, 6.45) is -0.283. The maximum absolute atomic E-state index is 11.6. The highest BCUT2D eigenvalue weighted by atomic mass is 35.5. The molecule has 0 aliphatic carbocycles. The van der Waals surface area contributed by atoms with Crippen LogP contribution in [0.4, 0.5) is 0 Å². The van der Waals surface area contributed by atoms with Crippen LogP contribution in [0.2, 0.25) is 10.0 Å². The lowest BCUT2D eigenvalue weighted by Crippen LogP contribution is -2.17. The van der Waals surface area contributed by atoms with Gasteiger partial charge in [0.1, 0.15) is 5.38 Å². The highest BCUT2D eigenvalue weighted by molar-refractivity contribution is 6.42. The van der Waals surface area contributed by atoms with Crippen LogP contribution in [-0.2, 0) is 4.79 Å². The Morgan fingerprint density at radius 2 is 1.88 bits per heavy atom. The van der Waals surface area contributed by atoms with Crippen LogP contribution in [0.1, 0.15) is 16.8 Å². The monoisotopic (exact) mass is 280 g/mol. The lowest BCUT2D eigenvalue weighted by Gasteiger charge is -2.04. The third kappa shape index (κ3) is 3.37. The second-order valence-electron chi connectivity index (χ2n) is 3.06. The number of aliphatic carboxylic acids is 1. The van der Waals surface area contributed by atoms with Gasteiger partial charge in [0.25, 0.3) is 0 Å². The van der Waals surface area contributed by atoms with Gasteiger partial charge in [-0.1, -0.05) is 23.2 Å². The number of alkyl halides is 1. The van der Waals surface area contributed by atoms with Crippen molar-refractivity contribution < 1.29 is 14.7 Å². The molecule has 16 heavy (non-hydrogen) atoms. The molecule has 1 aromatic carbocycles. The Kier molecular flexibility index (Phi) is 4.59. The van der Waals surface area contributed by atoms with Crippen LogP contribution in [0, 0.1) is 0 Å². The summed E-state index contributed by atoms with van der Waals surface area (Å²) >= 11 is 16.9. The average molecular weight is 282 g/mol. The molecule has 0 heterocycles. The highest BCUT2D eigenvalue weighted by Gasteiger charge is 2.19. The summed E-state index contributed by atoms with van der Waals surface area (Å²) in [5, 5.41) is 7.89. The summed E-state index contributed by atoms with van der Waals surface area (Å²) in [6, 6.07) is 4.33. The van der Waals surface area contributed by atoms with Crippen molar-refractivity contribution in [2.45, 2.75) is 11.8 Å². The van der Waals surface area contributed by atoms with E-state index in [0.717, 1.165) is 0 Å². The minimum Gasteiger partial charge on any atom is -0.480 e. The highest BCUT2D eigenvalue weighted by Crippen LogP contribution is 2.23. The SMILES string of the molecule is O=C(C[C@@H](Cl)C(=O)O)c1ccc(Cl)c(Cl)c1. The summed E-state index contributed by atoms with van der Waals surface area (Å²) in [7, 11) is 0. The van der Waals surface area contributed by atoms with Crippen molar-refractivity contribution in [1.29, 1.82) is 0 Å². The smallest absolute Gasteiger partial charge is 0.322 e. The summed E-state index contributed by atoms with van der Waals surface area (Å²) in [4.78, 5) is 22.0. The molecule has 0 amide bonds. The van der Waals surface area contributed by atoms with Gasteiger partial charge in [-0.3, -0.25) is 9.59 Å². The molecule has 3 nitrogen and oxygen atoms in total. The van der Waals surface area contributed by atoms with E-state index in [1.54, 1.807) is 0 Å². The third-order valence-electron chi connectivity index (χ3n) is 1.87. The van der Waals surface area contributed by atoms with E-state index in [4.69, 9.17) is 39.9 Å². The zero-order valence-electron chi connectivity index (χ0n) is 7.91. The Bertz CT molecular complexity index is 431. The van der Waals surface area contributed by atoms with E-state index < -0.39 is 11.3 Å². The molecular weight excluding hydrogens is 274 g/mol. The van der Waals surface area contributed by atoms with E-state index in [1.165, 1.54) is 18.2 Å². The number of carboxylic acids is 1. The van der Waals surface area contributed by atoms with Crippen molar-refractivity contribution in [3.05, 3.63) is 33.8 Å². The predicted molar refractivity (Wildman–Crippen MR) is 62.7 cm³/mol. The van der Waals surface area contributed by atoms with E-state index in [1.807, 2.05) is 0 Å². The average Bonchev–Trinajstić information content (AvgIpc) is 2.21. The molecule has 0 spiro atoms. The lowest BCUT2D eigenvalue weighted by molar-refractivity contribution is -0.136. The number of rotatable bonds is 4. The molecule has 0 aliphatic rings. The van der Waals surface area contributed by atoms with E-state index in [2.05, 4.69) is 0 Å². The topological polar surface area (TPSA) is 54.4 Å². The van der Waals surface area contributed by atoms with Crippen molar-refractivity contribution in [2.24, 2.45) is 0 Å². The normalized spacial score (nSPS) is 12.2. The van der Waals surface area contributed by atoms with E-state index >= 15 is 0 Å². The number of hydrogen-bond acceptors (Lipinski definition) is 2. The van der Waals surface area contributed by atoms with Crippen molar-refractivity contribution >= 4 is 46.6 Å².